The van der Waals surface area contributed by atoms with E-state index in [1.807, 2.05) is 0 Å². The Balaban J connectivity index is 1.91. The van der Waals surface area contributed by atoms with Gasteiger partial charge in [0.15, 0.2) is 0 Å². The third-order valence-corrected chi connectivity index (χ3v) is 5.20. The van der Waals surface area contributed by atoms with Gasteiger partial charge in [0, 0.05) is 6.54 Å². The molecule has 4 atom stereocenters. The van der Waals surface area contributed by atoms with Crippen molar-refractivity contribution in [2.45, 2.75) is 64.6 Å². The summed E-state index contributed by atoms with van der Waals surface area (Å²) >= 11 is 0. The minimum absolute atomic E-state index is 0.306. The molecular weight excluding hydrogens is 238 g/mol. The van der Waals surface area contributed by atoms with E-state index in [0.717, 1.165) is 25.2 Å². The van der Waals surface area contributed by atoms with Crippen LogP contribution in [-0.4, -0.2) is 30.0 Å². The van der Waals surface area contributed by atoms with Crippen LogP contribution in [0.25, 0.3) is 0 Å². The molecule has 2 rings (SSSR count). The first-order valence-corrected chi connectivity index (χ1v) is 8.00. The minimum atomic E-state index is -0.776. The zero-order chi connectivity index (χ0) is 14.0. The average Bonchev–Trinajstić information content (AvgIpc) is 3.20. The number of ether oxygens (including phenoxy) is 1. The lowest BCUT2D eigenvalue weighted by Gasteiger charge is -2.39. The van der Waals surface area contributed by atoms with E-state index in [4.69, 9.17) is 10.5 Å². The lowest BCUT2D eigenvalue weighted by molar-refractivity contribution is -0.112. The monoisotopic (exact) mass is 269 g/mol. The highest BCUT2D eigenvalue weighted by atomic mass is 16.5. The van der Waals surface area contributed by atoms with Gasteiger partial charge in [-0.25, -0.2) is 0 Å². The molecule has 0 aromatic heterocycles. The topological polar surface area (TPSA) is 55.5 Å². The average molecular weight is 269 g/mol. The van der Waals surface area contributed by atoms with Crippen LogP contribution in [0.3, 0.4) is 0 Å². The molecule has 2 fully saturated rings. The SMILES string of the molecule is CC1CCC(C(C)C)C(OCC(O)(CN)C2CC2)C1. The first kappa shape index (κ1) is 15.3. The summed E-state index contributed by atoms with van der Waals surface area (Å²) in [7, 11) is 0. The van der Waals surface area contributed by atoms with Crippen LogP contribution < -0.4 is 5.73 Å². The summed E-state index contributed by atoms with van der Waals surface area (Å²) < 4.78 is 6.15. The summed E-state index contributed by atoms with van der Waals surface area (Å²) in [5, 5.41) is 10.5. The van der Waals surface area contributed by atoms with Gasteiger partial charge in [-0.2, -0.15) is 0 Å². The minimum Gasteiger partial charge on any atom is -0.386 e. The number of rotatable bonds is 6. The summed E-state index contributed by atoms with van der Waals surface area (Å²) in [5.41, 5.74) is 4.98. The fraction of sp³-hybridized carbons (Fsp3) is 1.00. The second-order valence-electron chi connectivity index (χ2n) is 7.26. The van der Waals surface area contributed by atoms with Gasteiger partial charge in [0.1, 0.15) is 5.60 Å². The number of nitrogens with two attached hydrogens (primary N) is 1. The second-order valence-corrected chi connectivity index (χ2v) is 7.26. The van der Waals surface area contributed by atoms with Crippen molar-refractivity contribution >= 4 is 0 Å². The van der Waals surface area contributed by atoms with Crippen molar-refractivity contribution in [2.24, 2.45) is 29.4 Å². The summed E-state index contributed by atoms with van der Waals surface area (Å²) in [5.74, 6) is 2.41. The predicted molar refractivity (Wildman–Crippen MR) is 77.8 cm³/mol. The van der Waals surface area contributed by atoms with Crippen molar-refractivity contribution in [3.63, 3.8) is 0 Å². The molecule has 0 saturated heterocycles. The number of hydrogen-bond donors (Lipinski definition) is 2. The normalized spacial score (nSPS) is 35.4. The Hall–Kier alpha value is -0.120. The quantitative estimate of drug-likeness (QED) is 0.779. The van der Waals surface area contributed by atoms with Crippen LogP contribution in [0.1, 0.15) is 52.9 Å². The second kappa shape index (κ2) is 6.11. The molecule has 19 heavy (non-hydrogen) atoms. The Kier molecular flexibility index (Phi) is 4.91. The Morgan fingerprint density at radius 2 is 1.95 bits per heavy atom. The molecule has 3 heteroatoms. The highest BCUT2D eigenvalue weighted by Gasteiger charge is 2.44. The highest BCUT2D eigenvalue weighted by molar-refractivity contribution is 4.96. The molecule has 3 nitrogen and oxygen atoms in total. The van der Waals surface area contributed by atoms with Crippen LogP contribution in [0.5, 0.6) is 0 Å². The van der Waals surface area contributed by atoms with E-state index >= 15 is 0 Å². The van der Waals surface area contributed by atoms with Gasteiger partial charge in [0.05, 0.1) is 12.7 Å². The van der Waals surface area contributed by atoms with E-state index in [9.17, 15) is 5.11 Å². The Morgan fingerprint density at radius 3 is 2.47 bits per heavy atom. The zero-order valence-electron chi connectivity index (χ0n) is 12.8. The summed E-state index contributed by atoms with van der Waals surface area (Å²) in [6.07, 6.45) is 6.21. The van der Waals surface area contributed by atoms with E-state index in [0.29, 0.717) is 37.0 Å². The van der Waals surface area contributed by atoms with Crippen LogP contribution in [0.15, 0.2) is 0 Å². The molecule has 0 aromatic carbocycles. The van der Waals surface area contributed by atoms with Crippen LogP contribution in [0.4, 0.5) is 0 Å². The Morgan fingerprint density at radius 1 is 1.26 bits per heavy atom. The lowest BCUT2D eigenvalue weighted by atomic mass is 9.75. The van der Waals surface area contributed by atoms with Crippen molar-refractivity contribution in [3.8, 4) is 0 Å². The molecule has 3 N–H and O–H groups in total. The maximum absolute atomic E-state index is 10.5. The molecule has 0 heterocycles. The van der Waals surface area contributed by atoms with Gasteiger partial charge >= 0.3 is 0 Å². The molecule has 0 bridgehead atoms. The van der Waals surface area contributed by atoms with Gasteiger partial charge in [-0.1, -0.05) is 27.2 Å². The van der Waals surface area contributed by atoms with Crippen molar-refractivity contribution in [2.75, 3.05) is 13.2 Å². The highest BCUT2D eigenvalue weighted by Crippen LogP contribution is 2.41. The van der Waals surface area contributed by atoms with Crippen molar-refractivity contribution in [1.29, 1.82) is 0 Å². The molecular formula is C16H31NO2. The third kappa shape index (κ3) is 3.71. The van der Waals surface area contributed by atoms with Gasteiger partial charge in [0.2, 0.25) is 0 Å². The summed E-state index contributed by atoms with van der Waals surface area (Å²) in [6, 6.07) is 0. The number of hydrogen-bond acceptors (Lipinski definition) is 3. The molecule has 0 amide bonds. The van der Waals surface area contributed by atoms with Gasteiger partial charge < -0.3 is 15.6 Å². The fourth-order valence-corrected chi connectivity index (χ4v) is 3.52. The van der Waals surface area contributed by atoms with E-state index in [-0.39, 0.29) is 0 Å². The van der Waals surface area contributed by atoms with Gasteiger partial charge in [0.25, 0.3) is 0 Å². The van der Waals surface area contributed by atoms with E-state index in [1.54, 1.807) is 0 Å². The summed E-state index contributed by atoms with van der Waals surface area (Å²) in [6.45, 7) is 7.63. The molecule has 0 spiro atoms. The van der Waals surface area contributed by atoms with Crippen molar-refractivity contribution in [1.82, 2.24) is 0 Å². The number of aliphatic hydroxyl groups is 1. The fourth-order valence-electron chi connectivity index (χ4n) is 3.52. The molecule has 4 unspecified atom stereocenters. The van der Waals surface area contributed by atoms with Crippen LogP contribution in [0.2, 0.25) is 0 Å². The van der Waals surface area contributed by atoms with E-state index < -0.39 is 5.60 Å². The molecule has 2 aliphatic carbocycles. The van der Waals surface area contributed by atoms with Gasteiger partial charge in [-0.15, -0.1) is 0 Å². The molecule has 0 aromatic rings. The standard InChI is InChI=1S/C16H31NO2/c1-11(2)14-7-4-12(3)8-15(14)19-10-16(18,9-17)13-5-6-13/h11-15,18H,4-10,17H2,1-3H3. The largest absolute Gasteiger partial charge is 0.386 e. The lowest BCUT2D eigenvalue weighted by Crippen LogP contribution is -2.47. The summed E-state index contributed by atoms with van der Waals surface area (Å²) in [4.78, 5) is 0. The molecule has 2 saturated carbocycles. The van der Waals surface area contributed by atoms with Gasteiger partial charge in [-0.05, 0) is 49.4 Å². The molecule has 0 aliphatic heterocycles. The smallest absolute Gasteiger partial charge is 0.103 e. The van der Waals surface area contributed by atoms with Crippen LogP contribution in [0, 0.1) is 23.7 Å². The first-order chi connectivity index (χ1) is 8.96. The van der Waals surface area contributed by atoms with Gasteiger partial charge in [-0.3, -0.25) is 0 Å². The molecule has 112 valence electrons. The maximum atomic E-state index is 10.5. The zero-order valence-corrected chi connectivity index (χ0v) is 12.8. The van der Waals surface area contributed by atoms with E-state index in [1.165, 1.54) is 12.8 Å². The van der Waals surface area contributed by atoms with Crippen molar-refractivity contribution in [3.05, 3.63) is 0 Å². The van der Waals surface area contributed by atoms with Crippen LogP contribution in [-0.2, 0) is 4.74 Å². The van der Waals surface area contributed by atoms with Crippen molar-refractivity contribution < 1.29 is 9.84 Å². The molecule has 2 aliphatic rings. The first-order valence-electron chi connectivity index (χ1n) is 8.00. The van der Waals surface area contributed by atoms with Crippen LogP contribution >= 0.6 is 0 Å². The maximum Gasteiger partial charge on any atom is 0.103 e. The van der Waals surface area contributed by atoms with E-state index in [2.05, 4.69) is 20.8 Å². The predicted octanol–water partition coefficient (Wildman–Crippen LogP) is 2.56. The Labute approximate surface area is 117 Å². The molecule has 0 radical (unpaired) electrons. The Bertz CT molecular complexity index is 290. The third-order valence-electron chi connectivity index (χ3n) is 5.20.